The summed E-state index contributed by atoms with van der Waals surface area (Å²) < 4.78 is 30.5. The van der Waals surface area contributed by atoms with Gasteiger partial charge in [0.15, 0.2) is 11.6 Å². The number of rotatable bonds is 5. The van der Waals surface area contributed by atoms with Crippen molar-refractivity contribution in [3.05, 3.63) is 42.0 Å². The van der Waals surface area contributed by atoms with Crippen molar-refractivity contribution in [1.29, 1.82) is 0 Å². The first-order valence-electron chi connectivity index (χ1n) is 4.52. The summed E-state index contributed by atoms with van der Waals surface area (Å²) in [6.45, 7) is 4.66. The summed E-state index contributed by atoms with van der Waals surface area (Å²) in [5, 5.41) is 2.91. The summed E-state index contributed by atoms with van der Waals surface area (Å²) in [6.07, 6.45) is 0. The molecule has 0 amide bonds. The van der Waals surface area contributed by atoms with E-state index in [1.807, 2.05) is 0 Å². The van der Waals surface area contributed by atoms with Crippen LogP contribution >= 0.6 is 0 Å². The van der Waals surface area contributed by atoms with Gasteiger partial charge in [0.1, 0.15) is 12.4 Å². The van der Waals surface area contributed by atoms with E-state index in [1.54, 1.807) is 7.05 Å². The Balaban J connectivity index is 2.51. The lowest BCUT2D eigenvalue weighted by Gasteiger charge is -2.08. The van der Waals surface area contributed by atoms with Gasteiger partial charge in [-0.1, -0.05) is 6.58 Å². The summed E-state index contributed by atoms with van der Waals surface area (Å²) >= 11 is 0. The zero-order chi connectivity index (χ0) is 11.3. The summed E-state index contributed by atoms with van der Waals surface area (Å²) in [7, 11) is 1.79. The van der Waals surface area contributed by atoms with Gasteiger partial charge in [-0.05, 0) is 24.8 Å². The number of nitrogens with one attached hydrogen (secondary N) is 1. The van der Waals surface area contributed by atoms with Gasteiger partial charge in [0.25, 0.3) is 0 Å². The van der Waals surface area contributed by atoms with E-state index < -0.39 is 11.6 Å². The van der Waals surface area contributed by atoms with Gasteiger partial charge < -0.3 is 10.1 Å². The molecule has 82 valence electrons. The van der Waals surface area contributed by atoms with Crippen molar-refractivity contribution >= 4 is 0 Å². The minimum atomic E-state index is -0.910. The number of halogens is 2. The van der Waals surface area contributed by atoms with Crippen LogP contribution in [0, 0.1) is 11.6 Å². The first-order chi connectivity index (χ1) is 7.13. The lowest BCUT2D eigenvalue weighted by Crippen LogP contribution is -2.14. The number of benzene rings is 1. The monoisotopic (exact) mass is 213 g/mol. The van der Waals surface area contributed by atoms with Crippen LogP contribution in [0.5, 0.6) is 5.75 Å². The van der Waals surface area contributed by atoms with E-state index in [2.05, 4.69) is 11.9 Å². The van der Waals surface area contributed by atoms with E-state index in [0.29, 0.717) is 12.3 Å². The average Bonchev–Trinajstić information content (AvgIpc) is 2.20. The van der Waals surface area contributed by atoms with Gasteiger partial charge in [0, 0.05) is 12.6 Å². The second-order valence-corrected chi connectivity index (χ2v) is 3.14. The van der Waals surface area contributed by atoms with Gasteiger partial charge in [0.2, 0.25) is 0 Å². The third-order valence-electron chi connectivity index (χ3n) is 1.76. The fraction of sp³-hybridized carbons (Fsp3) is 0.273. The molecule has 0 saturated carbocycles. The normalized spacial score (nSPS) is 10.1. The van der Waals surface area contributed by atoms with Crippen LogP contribution in [0.2, 0.25) is 0 Å². The molecule has 0 atom stereocenters. The zero-order valence-electron chi connectivity index (χ0n) is 8.52. The van der Waals surface area contributed by atoms with Crippen LogP contribution in [0.1, 0.15) is 0 Å². The number of hydrogen-bond donors (Lipinski definition) is 1. The first kappa shape index (κ1) is 11.7. The summed E-state index contributed by atoms with van der Waals surface area (Å²) in [5.41, 5.74) is 0.835. The summed E-state index contributed by atoms with van der Waals surface area (Å²) in [6, 6.07) is 3.43. The number of hydrogen-bond acceptors (Lipinski definition) is 2. The van der Waals surface area contributed by atoms with Crippen LogP contribution < -0.4 is 10.1 Å². The molecule has 0 radical (unpaired) electrons. The highest BCUT2D eigenvalue weighted by atomic mass is 19.2. The maximum Gasteiger partial charge on any atom is 0.162 e. The van der Waals surface area contributed by atoms with Crippen molar-refractivity contribution in [2.75, 3.05) is 20.2 Å². The van der Waals surface area contributed by atoms with Crippen LogP contribution in [0.4, 0.5) is 8.78 Å². The van der Waals surface area contributed by atoms with E-state index in [9.17, 15) is 8.78 Å². The highest BCUT2D eigenvalue weighted by Gasteiger charge is 2.03. The molecule has 0 unspecified atom stereocenters. The third-order valence-corrected chi connectivity index (χ3v) is 1.76. The molecule has 1 aromatic rings. The zero-order valence-corrected chi connectivity index (χ0v) is 8.52. The Morgan fingerprint density at radius 3 is 2.73 bits per heavy atom. The van der Waals surface area contributed by atoms with Gasteiger partial charge in [-0.3, -0.25) is 0 Å². The van der Waals surface area contributed by atoms with E-state index in [-0.39, 0.29) is 6.61 Å². The Labute approximate surface area is 87.6 Å². The molecular formula is C11H13F2NO. The van der Waals surface area contributed by atoms with Crippen molar-refractivity contribution in [2.24, 2.45) is 0 Å². The van der Waals surface area contributed by atoms with Crippen LogP contribution in [0.25, 0.3) is 0 Å². The molecule has 0 aliphatic carbocycles. The molecule has 0 spiro atoms. The molecule has 1 N–H and O–H groups in total. The van der Waals surface area contributed by atoms with Gasteiger partial charge >= 0.3 is 0 Å². The molecule has 1 rings (SSSR count). The SMILES string of the molecule is C=C(CNC)COc1ccc(F)c(F)c1. The fourth-order valence-corrected chi connectivity index (χ4v) is 1.05. The quantitative estimate of drug-likeness (QED) is 0.756. The predicted molar refractivity (Wildman–Crippen MR) is 54.9 cm³/mol. The number of likely N-dealkylation sites (N-methyl/N-ethyl adjacent to an activating group) is 1. The Bertz CT molecular complexity index is 352. The molecule has 4 heteroatoms. The summed E-state index contributed by atoms with van der Waals surface area (Å²) in [4.78, 5) is 0. The molecule has 0 aliphatic heterocycles. The van der Waals surface area contributed by atoms with Crippen molar-refractivity contribution in [3.63, 3.8) is 0 Å². The van der Waals surface area contributed by atoms with E-state index in [4.69, 9.17) is 4.74 Å². The molecule has 15 heavy (non-hydrogen) atoms. The highest BCUT2D eigenvalue weighted by Crippen LogP contribution is 2.15. The van der Waals surface area contributed by atoms with E-state index in [1.165, 1.54) is 6.07 Å². The molecule has 0 heterocycles. The number of ether oxygens (including phenoxy) is 1. The molecule has 0 aromatic heterocycles. The second-order valence-electron chi connectivity index (χ2n) is 3.14. The maximum absolute atomic E-state index is 12.8. The molecule has 0 saturated heterocycles. The van der Waals surface area contributed by atoms with Gasteiger partial charge in [-0.25, -0.2) is 8.78 Å². The second kappa shape index (κ2) is 5.46. The maximum atomic E-state index is 12.8. The summed E-state index contributed by atoms with van der Waals surface area (Å²) in [5.74, 6) is -1.49. The highest BCUT2D eigenvalue weighted by molar-refractivity contribution is 5.24. The predicted octanol–water partition coefficient (Wildman–Crippen LogP) is 2.12. The molecule has 1 aromatic carbocycles. The van der Waals surface area contributed by atoms with Crippen LogP contribution in [0.15, 0.2) is 30.4 Å². The molecule has 2 nitrogen and oxygen atoms in total. The van der Waals surface area contributed by atoms with Crippen LogP contribution in [-0.4, -0.2) is 20.2 Å². The molecular weight excluding hydrogens is 200 g/mol. The minimum Gasteiger partial charge on any atom is -0.489 e. The van der Waals surface area contributed by atoms with E-state index >= 15 is 0 Å². The molecule has 0 bridgehead atoms. The Morgan fingerprint density at radius 2 is 2.13 bits per heavy atom. The smallest absolute Gasteiger partial charge is 0.162 e. The average molecular weight is 213 g/mol. The van der Waals surface area contributed by atoms with Crippen molar-refractivity contribution in [1.82, 2.24) is 5.32 Å². The lowest BCUT2D eigenvalue weighted by atomic mass is 10.3. The first-order valence-corrected chi connectivity index (χ1v) is 4.52. The molecule has 0 aliphatic rings. The van der Waals surface area contributed by atoms with Gasteiger partial charge in [0.05, 0.1) is 0 Å². The van der Waals surface area contributed by atoms with Crippen molar-refractivity contribution in [2.45, 2.75) is 0 Å². The topological polar surface area (TPSA) is 21.3 Å². The van der Waals surface area contributed by atoms with Crippen LogP contribution in [0.3, 0.4) is 0 Å². The fourth-order valence-electron chi connectivity index (χ4n) is 1.05. The third kappa shape index (κ3) is 3.67. The molecule has 0 fully saturated rings. The standard InChI is InChI=1S/C11H13F2NO/c1-8(6-14-2)7-15-9-3-4-10(12)11(13)5-9/h3-5,14H,1,6-7H2,2H3. The van der Waals surface area contributed by atoms with E-state index in [0.717, 1.165) is 17.7 Å². The minimum absolute atomic E-state index is 0.284. The van der Waals surface area contributed by atoms with Crippen LogP contribution in [-0.2, 0) is 0 Å². The Morgan fingerprint density at radius 1 is 1.40 bits per heavy atom. The largest absolute Gasteiger partial charge is 0.489 e. The Kier molecular flexibility index (Phi) is 4.24. The van der Waals surface area contributed by atoms with Gasteiger partial charge in [-0.15, -0.1) is 0 Å². The van der Waals surface area contributed by atoms with Crippen molar-refractivity contribution < 1.29 is 13.5 Å². The Hall–Kier alpha value is -1.42. The van der Waals surface area contributed by atoms with Gasteiger partial charge in [-0.2, -0.15) is 0 Å². The van der Waals surface area contributed by atoms with Crippen molar-refractivity contribution in [3.8, 4) is 5.75 Å². The lowest BCUT2D eigenvalue weighted by molar-refractivity contribution is 0.345.